The van der Waals surface area contributed by atoms with Gasteiger partial charge in [-0.3, -0.25) is 0 Å². The van der Waals surface area contributed by atoms with Gasteiger partial charge in [-0.1, -0.05) is 18.9 Å². The maximum Gasteiger partial charge on any atom is 0.146 e. The summed E-state index contributed by atoms with van der Waals surface area (Å²) in [6.45, 7) is 3.82. The number of nitrogens with one attached hydrogen (secondary N) is 1. The molecule has 2 aliphatic rings. The van der Waals surface area contributed by atoms with E-state index in [0.717, 1.165) is 24.3 Å². The highest BCUT2D eigenvalue weighted by atomic mass is 19.1. The lowest BCUT2D eigenvalue weighted by atomic mass is 9.87. The first kappa shape index (κ1) is 12.0. The minimum atomic E-state index is -0.0683. The lowest BCUT2D eigenvalue weighted by molar-refractivity contribution is 0.282. The molecular weight excluding hydrogens is 227 g/mol. The molecule has 1 aromatic rings. The van der Waals surface area contributed by atoms with Crippen LogP contribution in [0.4, 0.5) is 10.1 Å². The first-order valence-electron chi connectivity index (χ1n) is 7.02. The summed E-state index contributed by atoms with van der Waals surface area (Å²) >= 11 is 0. The number of fused-ring (bicyclic) bond motifs is 1. The first-order valence-corrected chi connectivity index (χ1v) is 7.02. The Balaban J connectivity index is 1.89. The highest BCUT2D eigenvalue weighted by molar-refractivity contribution is 5.51. The summed E-state index contributed by atoms with van der Waals surface area (Å²) in [6, 6.07) is 6.63. The second kappa shape index (κ2) is 4.88. The van der Waals surface area contributed by atoms with E-state index in [0.29, 0.717) is 12.1 Å². The van der Waals surface area contributed by atoms with Crippen LogP contribution in [0.25, 0.3) is 0 Å². The van der Waals surface area contributed by atoms with E-state index in [4.69, 9.17) is 0 Å². The van der Waals surface area contributed by atoms with Crippen molar-refractivity contribution >= 4 is 5.69 Å². The van der Waals surface area contributed by atoms with Gasteiger partial charge in [0.2, 0.25) is 0 Å². The minimum Gasteiger partial charge on any atom is -0.363 e. The van der Waals surface area contributed by atoms with Crippen molar-refractivity contribution in [1.82, 2.24) is 5.32 Å². The summed E-state index contributed by atoms with van der Waals surface area (Å²) in [6.07, 6.45) is 4.99. The molecule has 0 radical (unpaired) electrons. The lowest BCUT2D eigenvalue weighted by Gasteiger charge is -2.46. The van der Waals surface area contributed by atoms with Crippen molar-refractivity contribution in [3.05, 3.63) is 29.6 Å². The molecule has 2 fully saturated rings. The zero-order valence-electron chi connectivity index (χ0n) is 11.0. The molecule has 2 atom stereocenters. The molecule has 3 rings (SSSR count). The van der Waals surface area contributed by atoms with Crippen LogP contribution in [0.3, 0.4) is 0 Å². The first-order chi connectivity index (χ1) is 8.75. The third-order valence-corrected chi connectivity index (χ3v) is 4.30. The van der Waals surface area contributed by atoms with Crippen LogP contribution in [0.15, 0.2) is 18.2 Å². The second-order valence-electron chi connectivity index (χ2n) is 5.56. The smallest absolute Gasteiger partial charge is 0.146 e. The van der Waals surface area contributed by atoms with Gasteiger partial charge in [0.25, 0.3) is 0 Å². The van der Waals surface area contributed by atoms with Gasteiger partial charge in [0, 0.05) is 25.2 Å². The predicted molar refractivity (Wildman–Crippen MR) is 72.5 cm³/mol. The molecule has 1 N–H and O–H groups in total. The van der Waals surface area contributed by atoms with Crippen molar-refractivity contribution in [3.63, 3.8) is 0 Å². The zero-order valence-corrected chi connectivity index (χ0v) is 11.0. The van der Waals surface area contributed by atoms with E-state index in [2.05, 4.69) is 10.2 Å². The van der Waals surface area contributed by atoms with Gasteiger partial charge < -0.3 is 10.2 Å². The largest absolute Gasteiger partial charge is 0.363 e. The molecule has 0 bridgehead atoms. The Morgan fingerprint density at radius 2 is 2.11 bits per heavy atom. The van der Waals surface area contributed by atoms with Crippen LogP contribution in [0.2, 0.25) is 0 Å². The molecule has 18 heavy (non-hydrogen) atoms. The normalized spacial score (nSPS) is 28.0. The lowest BCUT2D eigenvalue weighted by Crippen LogP contribution is -2.59. The molecule has 98 valence electrons. The average molecular weight is 248 g/mol. The molecule has 3 heteroatoms. The third kappa shape index (κ3) is 2.12. The van der Waals surface area contributed by atoms with Crippen LogP contribution in [0.1, 0.15) is 31.2 Å². The Labute approximate surface area is 108 Å². The maximum absolute atomic E-state index is 14.1. The number of hydrogen-bond acceptors (Lipinski definition) is 2. The van der Waals surface area contributed by atoms with Gasteiger partial charge in [-0.2, -0.15) is 0 Å². The number of piperazine rings is 1. The van der Waals surface area contributed by atoms with Crippen LogP contribution in [0.5, 0.6) is 0 Å². The van der Waals surface area contributed by atoms with Gasteiger partial charge in [-0.15, -0.1) is 0 Å². The van der Waals surface area contributed by atoms with E-state index in [1.54, 1.807) is 6.07 Å². The van der Waals surface area contributed by atoms with E-state index < -0.39 is 0 Å². The topological polar surface area (TPSA) is 15.3 Å². The molecule has 0 amide bonds. The molecule has 1 saturated carbocycles. The van der Waals surface area contributed by atoms with E-state index in [1.807, 2.05) is 19.1 Å². The maximum atomic E-state index is 14.1. The quantitative estimate of drug-likeness (QED) is 0.822. The molecule has 0 aromatic heterocycles. The van der Waals surface area contributed by atoms with Crippen molar-refractivity contribution in [2.75, 3.05) is 18.0 Å². The van der Waals surface area contributed by atoms with Crippen LogP contribution < -0.4 is 10.2 Å². The molecule has 1 aliphatic heterocycles. The number of nitrogens with zero attached hydrogens (tertiary/aromatic N) is 1. The molecule has 1 aromatic carbocycles. The Kier molecular flexibility index (Phi) is 3.25. The van der Waals surface area contributed by atoms with E-state index in [1.165, 1.54) is 25.7 Å². The van der Waals surface area contributed by atoms with Crippen molar-refractivity contribution in [2.24, 2.45) is 0 Å². The average Bonchev–Trinajstić information content (AvgIpc) is 2.38. The van der Waals surface area contributed by atoms with Crippen molar-refractivity contribution < 1.29 is 4.39 Å². The summed E-state index contributed by atoms with van der Waals surface area (Å²) in [5, 5.41) is 3.59. The van der Waals surface area contributed by atoms with Crippen molar-refractivity contribution in [2.45, 2.75) is 44.7 Å². The summed E-state index contributed by atoms with van der Waals surface area (Å²) in [4.78, 5) is 2.29. The third-order valence-electron chi connectivity index (χ3n) is 4.30. The highest BCUT2D eigenvalue weighted by Gasteiger charge is 2.33. The number of benzene rings is 1. The van der Waals surface area contributed by atoms with Gasteiger partial charge in [0.05, 0.1) is 5.69 Å². The fourth-order valence-corrected chi connectivity index (χ4v) is 3.40. The fraction of sp³-hybridized carbons (Fsp3) is 0.600. The Bertz CT molecular complexity index is 431. The molecule has 2 nitrogen and oxygen atoms in total. The molecule has 0 spiro atoms. The summed E-state index contributed by atoms with van der Waals surface area (Å²) < 4.78 is 14.1. The Hall–Kier alpha value is -1.09. The second-order valence-corrected chi connectivity index (χ2v) is 5.56. The SMILES string of the molecule is Cc1ccc(N2CCNC3CCCCC32)c(F)c1. The fourth-order valence-electron chi connectivity index (χ4n) is 3.40. The van der Waals surface area contributed by atoms with Gasteiger partial charge >= 0.3 is 0 Å². The zero-order chi connectivity index (χ0) is 12.5. The van der Waals surface area contributed by atoms with Crippen molar-refractivity contribution in [1.29, 1.82) is 0 Å². The summed E-state index contributed by atoms with van der Waals surface area (Å²) in [5.41, 5.74) is 1.78. The van der Waals surface area contributed by atoms with Crippen LogP contribution >= 0.6 is 0 Å². The standard InChI is InChI=1S/C15H21FN2/c1-11-6-7-14(12(16)10-11)18-9-8-17-13-4-2-3-5-15(13)18/h6-7,10,13,15,17H,2-5,8-9H2,1H3. The van der Waals surface area contributed by atoms with Crippen LogP contribution in [-0.2, 0) is 0 Å². The number of halogens is 1. The van der Waals surface area contributed by atoms with E-state index in [-0.39, 0.29) is 5.82 Å². The number of anilines is 1. The van der Waals surface area contributed by atoms with Crippen molar-refractivity contribution in [3.8, 4) is 0 Å². The molecular formula is C15H21FN2. The monoisotopic (exact) mass is 248 g/mol. The predicted octanol–water partition coefficient (Wildman–Crippen LogP) is 2.85. The van der Waals surface area contributed by atoms with E-state index >= 15 is 0 Å². The molecule has 1 saturated heterocycles. The van der Waals surface area contributed by atoms with Gasteiger partial charge in [-0.25, -0.2) is 4.39 Å². The molecule has 1 aliphatic carbocycles. The molecule has 2 unspecified atom stereocenters. The summed E-state index contributed by atoms with van der Waals surface area (Å²) in [7, 11) is 0. The van der Waals surface area contributed by atoms with Gasteiger partial charge in [-0.05, 0) is 37.5 Å². The van der Waals surface area contributed by atoms with E-state index in [9.17, 15) is 4.39 Å². The number of aryl methyl sites for hydroxylation is 1. The molecule has 1 heterocycles. The Morgan fingerprint density at radius 3 is 2.94 bits per heavy atom. The van der Waals surface area contributed by atoms with Gasteiger partial charge in [0.1, 0.15) is 5.82 Å². The number of hydrogen-bond donors (Lipinski definition) is 1. The summed E-state index contributed by atoms with van der Waals surface area (Å²) in [5.74, 6) is -0.0683. The minimum absolute atomic E-state index is 0.0683. The van der Waals surface area contributed by atoms with Crippen LogP contribution in [-0.4, -0.2) is 25.2 Å². The van der Waals surface area contributed by atoms with Crippen LogP contribution in [0, 0.1) is 12.7 Å². The van der Waals surface area contributed by atoms with Gasteiger partial charge in [0.15, 0.2) is 0 Å². The highest BCUT2D eigenvalue weighted by Crippen LogP contribution is 2.31. The Morgan fingerprint density at radius 1 is 1.28 bits per heavy atom. The number of rotatable bonds is 1.